The molecule has 0 atom stereocenters. The molecule has 2 heterocycles. The average Bonchev–Trinajstić information content (AvgIpc) is 3.06. The summed E-state index contributed by atoms with van der Waals surface area (Å²) in [4.78, 5) is 28.6. The van der Waals surface area contributed by atoms with Gasteiger partial charge in [0.15, 0.2) is 5.65 Å². The van der Waals surface area contributed by atoms with Gasteiger partial charge in [-0.2, -0.15) is 5.10 Å². The summed E-state index contributed by atoms with van der Waals surface area (Å²) in [5.41, 5.74) is 8.32. The highest BCUT2D eigenvalue weighted by Gasteiger charge is 2.19. The number of amides is 3. The minimum Gasteiger partial charge on any atom is -0.351 e. The van der Waals surface area contributed by atoms with Crippen LogP contribution in [0.5, 0.6) is 0 Å². The summed E-state index contributed by atoms with van der Waals surface area (Å²) >= 11 is 0. The average molecular weight is 380 g/mol. The molecule has 3 aromatic rings. The number of nitrogens with zero attached hydrogens (tertiary/aromatic N) is 3. The molecule has 0 aliphatic carbocycles. The van der Waals surface area contributed by atoms with Crippen LogP contribution in [0.2, 0.25) is 0 Å². The molecule has 0 aliphatic rings. The van der Waals surface area contributed by atoms with Gasteiger partial charge in [-0.25, -0.2) is 14.5 Å². The largest absolute Gasteiger partial charge is 0.351 e. The lowest BCUT2D eigenvalue weighted by atomic mass is 10.0. The highest BCUT2D eigenvalue weighted by atomic mass is 16.2. The van der Waals surface area contributed by atoms with E-state index < -0.39 is 6.03 Å². The van der Waals surface area contributed by atoms with Crippen LogP contribution < -0.4 is 16.4 Å². The number of carbonyl (C=O) groups is 2. The van der Waals surface area contributed by atoms with Crippen LogP contribution in [0.3, 0.4) is 0 Å². The normalized spacial score (nSPS) is 11.2. The monoisotopic (exact) mass is 380 g/mol. The Kier molecular flexibility index (Phi) is 5.30. The van der Waals surface area contributed by atoms with E-state index in [1.54, 1.807) is 30.5 Å². The van der Waals surface area contributed by atoms with Crippen LogP contribution in [-0.2, 0) is 0 Å². The van der Waals surface area contributed by atoms with Gasteiger partial charge < -0.3 is 16.4 Å². The van der Waals surface area contributed by atoms with Crippen LogP contribution in [0.1, 0.15) is 55.7 Å². The number of benzene rings is 1. The second-order valence-corrected chi connectivity index (χ2v) is 7.19. The van der Waals surface area contributed by atoms with Gasteiger partial charge in [0.05, 0.1) is 17.1 Å². The van der Waals surface area contributed by atoms with Crippen molar-refractivity contribution >= 4 is 34.3 Å². The van der Waals surface area contributed by atoms with Crippen LogP contribution >= 0.6 is 0 Å². The van der Waals surface area contributed by atoms with E-state index in [-0.39, 0.29) is 17.9 Å². The molecule has 0 saturated carbocycles. The summed E-state index contributed by atoms with van der Waals surface area (Å²) in [5.74, 6) is -0.0705. The van der Waals surface area contributed by atoms with Crippen molar-refractivity contribution in [3.8, 4) is 0 Å². The number of nitrogens with one attached hydrogen (secondary N) is 2. The molecule has 0 spiro atoms. The molecule has 8 nitrogen and oxygen atoms in total. The maximum absolute atomic E-state index is 13.0. The first-order valence-electron chi connectivity index (χ1n) is 9.12. The van der Waals surface area contributed by atoms with Crippen molar-refractivity contribution in [2.75, 3.05) is 10.6 Å². The third-order valence-electron chi connectivity index (χ3n) is 4.32. The summed E-state index contributed by atoms with van der Waals surface area (Å²) in [7, 11) is 0. The van der Waals surface area contributed by atoms with E-state index in [9.17, 15) is 9.59 Å². The lowest BCUT2D eigenvalue weighted by Gasteiger charge is -2.12. The van der Waals surface area contributed by atoms with Crippen molar-refractivity contribution < 1.29 is 9.59 Å². The molecular formula is C20H24N6O2. The van der Waals surface area contributed by atoms with Gasteiger partial charge in [0.1, 0.15) is 0 Å². The molecule has 0 unspecified atom stereocenters. The van der Waals surface area contributed by atoms with Gasteiger partial charge in [-0.15, -0.1) is 0 Å². The summed E-state index contributed by atoms with van der Waals surface area (Å²) in [6, 6.07) is 8.04. The minimum atomic E-state index is -0.639. The Labute approximate surface area is 163 Å². The molecule has 8 heteroatoms. The fourth-order valence-corrected chi connectivity index (χ4v) is 2.88. The first-order valence-corrected chi connectivity index (χ1v) is 9.12. The molecule has 0 saturated heterocycles. The number of urea groups is 1. The van der Waals surface area contributed by atoms with Crippen LogP contribution in [0.15, 0.2) is 36.5 Å². The van der Waals surface area contributed by atoms with Gasteiger partial charge >= 0.3 is 6.03 Å². The molecule has 1 aromatic carbocycles. The molecule has 0 bridgehead atoms. The number of carbonyl (C=O) groups excluding carboxylic acids is 2. The molecule has 28 heavy (non-hydrogen) atoms. The summed E-state index contributed by atoms with van der Waals surface area (Å²) in [6.07, 6.45) is 1.68. The van der Waals surface area contributed by atoms with E-state index in [2.05, 4.69) is 15.7 Å². The second kappa shape index (κ2) is 7.67. The fourth-order valence-electron chi connectivity index (χ4n) is 2.88. The van der Waals surface area contributed by atoms with Gasteiger partial charge in [-0.1, -0.05) is 13.8 Å². The van der Waals surface area contributed by atoms with Crippen molar-refractivity contribution in [1.29, 1.82) is 0 Å². The second-order valence-electron chi connectivity index (χ2n) is 7.19. The third kappa shape index (κ3) is 3.95. The minimum absolute atomic E-state index is 0.133. The Morgan fingerprint density at radius 1 is 1.04 bits per heavy atom. The van der Waals surface area contributed by atoms with Crippen molar-refractivity contribution in [2.45, 2.75) is 39.7 Å². The number of fused-ring (bicyclic) bond motifs is 1. The predicted octanol–water partition coefficient (Wildman–Crippen LogP) is 3.88. The zero-order valence-corrected chi connectivity index (χ0v) is 16.4. The molecule has 0 fully saturated rings. The first kappa shape index (κ1) is 19.3. The van der Waals surface area contributed by atoms with Crippen LogP contribution in [0.25, 0.3) is 11.0 Å². The van der Waals surface area contributed by atoms with Gasteiger partial charge in [-0.05, 0) is 50.1 Å². The smallest absolute Gasteiger partial charge is 0.316 e. The maximum atomic E-state index is 13.0. The predicted molar refractivity (Wildman–Crippen MR) is 110 cm³/mol. The molecule has 0 radical (unpaired) electrons. The zero-order chi connectivity index (χ0) is 20.4. The SMILES string of the molecule is CC(C)c1cc(C(=O)Nc2ccc(NC(N)=O)cc2)c2cnn(C(C)C)c2n1. The molecule has 2 aromatic heterocycles. The number of anilines is 2. The summed E-state index contributed by atoms with van der Waals surface area (Å²) in [6.45, 7) is 8.13. The summed E-state index contributed by atoms with van der Waals surface area (Å²) in [5, 5.41) is 10.5. The van der Waals surface area contributed by atoms with E-state index in [1.165, 1.54) is 0 Å². The number of hydrogen-bond donors (Lipinski definition) is 3. The van der Waals surface area contributed by atoms with E-state index in [0.29, 0.717) is 28.0 Å². The number of nitrogens with two attached hydrogens (primary N) is 1. The van der Waals surface area contributed by atoms with E-state index >= 15 is 0 Å². The molecule has 3 rings (SSSR count). The van der Waals surface area contributed by atoms with Crippen molar-refractivity contribution in [3.63, 3.8) is 0 Å². The highest BCUT2D eigenvalue weighted by Crippen LogP contribution is 2.25. The lowest BCUT2D eigenvalue weighted by Crippen LogP contribution is -2.19. The van der Waals surface area contributed by atoms with E-state index in [1.807, 2.05) is 38.4 Å². The van der Waals surface area contributed by atoms with E-state index in [0.717, 1.165) is 5.69 Å². The number of pyridine rings is 1. The molecular weight excluding hydrogens is 356 g/mol. The first-order chi connectivity index (χ1) is 13.3. The van der Waals surface area contributed by atoms with Gasteiger partial charge in [0.25, 0.3) is 5.91 Å². The number of hydrogen-bond acceptors (Lipinski definition) is 4. The number of aromatic nitrogens is 3. The molecule has 0 aliphatic heterocycles. The number of primary amides is 1. The molecule has 3 amide bonds. The Balaban J connectivity index is 1.95. The Morgan fingerprint density at radius 3 is 2.18 bits per heavy atom. The molecule has 4 N–H and O–H groups in total. The zero-order valence-electron chi connectivity index (χ0n) is 16.4. The molecule has 146 valence electrons. The Morgan fingerprint density at radius 2 is 1.64 bits per heavy atom. The van der Waals surface area contributed by atoms with Gasteiger partial charge in [0.2, 0.25) is 0 Å². The van der Waals surface area contributed by atoms with Crippen LogP contribution in [0.4, 0.5) is 16.2 Å². The maximum Gasteiger partial charge on any atom is 0.316 e. The third-order valence-corrected chi connectivity index (χ3v) is 4.32. The van der Waals surface area contributed by atoms with Crippen LogP contribution in [0, 0.1) is 0 Å². The van der Waals surface area contributed by atoms with Crippen molar-refractivity contribution in [3.05, 3.63) is 47.8 Å². The lowest BCUT2D eigenvalue weighted by molar-refractivity contribution is 0.102. The fraction of sp³-hybridized carbons (Fsp3) is 0.300. The van der Waals surface area contributed by atoms with E-state index in [4.69, 9.17) is 10.7 Å². The van der Waals surface area contributed by atoms with Crippen molar-refractivity contribution in [2.24, 2.45) is 5.73 Å². The van der Waals surface area contributed by atoms with Crippen molar-refractivity contribution in [1.82, 2.24) is 14.8 Å². The van der Waals surface area contributed by atoms with Gasteiger partial charge in [0, 0.05) is 23.1 Å². The number of rotatable bonds is 5. The van der Waals surface area contributed by atoms with Gasteiger partial charge in [-0.3, -0.25) is 4.79 Å². The quantitative estimate of drug-likeness (QED) is 0.623. The Bertz CT molecular complexity index is 1020. The summed E-state index contributed by atoms with van der Waals surface area (Å²) < 4.78 is 1.82. The highest BCUT2D eigenvalue weighted by molar-refractivity contribution is 6.12. The standard InChI is InChI=1S/C20H24N6O2/c1-11(2)17-9-15(16-10-22-26(12(3)4)18(16)25-17)19(27)23-13-5-7-14(8-6-13)24-20(21)28/h5-12H,1-4H3,(H,23,27)(H3,21,24,28). The Hall–Kier alpha value is -3.42. The van der Waals surface area contributed by atoms with Crippen LogP contribution in [-0.4, -0.2) is 26.7 Å². The topological polar surface area (TPSA) is 115 Å².